The van der Waals surface area contributed by atoms with Crippen LogP contribution in [-0.4, -0.2) is 35.4 Å². The molecule has 2 saturated carbocycles. The highest BCUT2D eigenvalue weighted by molar-refractivity contribution is 5.91. The molecule has 0 radical (unpaired) electrons. The first-order valence-corrected chi connectivity index (χ1v) is 7.68. The SMILES string of the molecule is C=C1C(=O)O[C@H]2[C@H]1[C@@H](OC(C)=O)C[C@@]1(C)[C@H](O)CCC(=C)[C@H]21. The van der Waals surface area contributed by atoms with Gasteiger partial charge in [-0.1, -0.05) is 25.7 Å². The molecule has 6 atom stereocenters. The third-order valence-corrected chi connectivity index (χ3v) is 5.60. The molecule has 0 aromatic heterocycles. The van der Waals surface area contributed by atoms with E-state index in [9.17, 15) is 14.7 Å². The zero-order valence-electron chi connectivity index (χ0n) is 13.0. The van der Waals surface area contributed by atoms with Crippen LogP contribution >= 0.6 is 0 Å². The largest absolute Gasteiger partial charge is 0.462 e. The monoisotopic (exact) mass is 306 g/mol. The van der Waals surface area contributed by atoms with Crippen molar-refractivity contribution < 1.29 is 24.2 Å². The van der Waals surface area contributed by atoms with Gasteiger partial charge in [-0.15, -0.1) is 0 Å². The molecule has 0 amide bonds. The van der Waals surface area contributed by atoms with E-state index >= 15 is 0 Å². The minimum atomic E-state index is -0.533. The van der Waals surface area contributed by atoms with Gasteiger partial charge in [0.25, 0.3) is 0 Å². The van der Waals surface area contributed by atoms with Gasteiger partial charge in [0.05, 0.1) is 12.0 Å². The number of aliphatic hydroxyl groups is 1. The summed E-state index contributed by atoms with van der Waals surface area (Å²) in [5.74, 6) is -1.32. The third-order valence-electron chi connectivity index (χ3n) is 5.60. The molecule has 1 heterocycles. The molecule has 1 N–H and O–H groups in total. The molecule has 120 valence electrons. The minimum Gasteiger partial charge on any atom is -0.462 e. The number of esters is 2. The molecular weight excluding hydrogens is 284 g/mol. The minimum absolute atomic E-state index is 0.128. The van der Waals surface area contributed by atoms with Crippen LogP contribution in [0.15, 0.2) is 24.3 Å². The number of rotatable bonds is 1. The summed E-state index contributed by atoms with van der Waals surface area (Å²) < 4.78 is 11.0. The van der Waals surface area contributed by atoms with Crippen molar-refractivity contribution in [2.24, 2.45) is 17.3 Å². The van der Waals surface area contributed by atoms with Gasteiger partial charge in [0.2, 0.25) is 0 Å². The van der Waals surface area contributed by atoms with Gasteiger partial charge < -0.3 is 14.6 Å². The maximum absolute atomic E-state index is 12.0. The number of carbonyl (C=O) groups excluding carboxylic acids is 2. The Morgan fingerprint density at radius 2 is 2.14 bits per heavy atom. The van der Waals surface area contributed by atoms with Gasteiger partial charge in [-0.25, -0.2) is 4.79 Å². The molecule has 3 aliphatic rings. The maximum atomic E-state index is 12.0. The summed E-state index contributed by atoms with van der Waals surface area (Å²) in [6.45, 7) is 11.3. The Bertz CT molecular complexity index is 565. The number of hydrogen-bond donors (Lipinski definition) is 1. The molecule has 2 aliphatic carbocycles. The van der Waals surface area contributed by atoms with Crippen molar-refractivity contribution in [3.8, 4) is 0 Å². The highest BCUT2D eigenvalue weighted by atomic mass is 16.6. The van der Waals surface area contributed by atoms with E-state index in [4.69, 9.17) is 9.47 Å². The standard InChI is InChI=1S/C17H22O5/c1-8-5-6-12(19)17(4)7-11(21-10(3)18)13-9(2)16(20)22-15(13)14(8)17/h11-15,19H,1-2,5-7H2,3-4H3/t11-,12+,13+,14+,15-,17-/m0/s1. The van der Waals surface area contributed by atoms with Crippen molar-refractivity contribution in [3.63, 3.8) is 0 Å². The van der Waals surface area contributed by atoms with E-state index in [0.29, 0.717) is 24.8 Å². The average Bonchev–Trinajstić information content (AvgIpc) is 2.70. The van der Waals surface area contributed by atoms with Crippen molar-refractivity contribution in [3.05, 3.63) is 24.3 Å². The van der Waals surface area contributed by atoms with Crippen molar-refractivity contribution in [2.75, 3.05) is 0 Å². The smallest absolute Gasteiger partial charge is 0.334 e. The van der Waals surface area contributed by atoms with Gasteiger partial charge in [0, 0.05) is 23.8 Å². The van der Waals surface area contributed by atoms with E-state index in [0.717, 1.165) is 5.57 Å². The van der Waals surface area contributed by atoms with Gasteiger partial charge in [0.15, 0.2) is 0 Å². The van der Waals surface area contributed by atoms with Crippen LogP contribution in [0.3, 0.4) is 0 Å². The highest BCUT2D eigenvalue weighted by Crippen LogP contribution is 2.57. The number of aliphatic hydroxyl groups excluding tert-OH is 1. The predicted octanol–water partition coefficient (Wildman–Crippen LogP) is 1.75. The lowest BCUT2D eigenvalue weighted by Gasteiger charge is -2.54. The van der Waals surface area contributed by atoms with E-state index in [1.165, 1.54) is 6.92 Å². The molecule has 1 aliphatic heterocycles. The fourth-order valence-corrected chi connectivity index (χ4v) is 4.56. The molecule has 5 heteroatoms. The molecule has 0 aromatic rings. The quantitative estimate of drug-likeness (QED) is 0.454. The number of ether oxygens (including phenoxy) is 2. The van der Waals surface area contributed by atoms with Gasteiger partial charge in [0.1, 0.15) is 12.2 Å². The van der Waals surface area contributed by atoms with E-state index in [2.05, 4.69) is 13.2 Å². The van der Waals surface area contributed by atoms with Crippen LogP contribution in [0.1, 0.15) is 33.1 Å². The second kappa shape index (κ2) is 4.95. The summed E-state index contributed by atoms with van der Waals surface area (Å²) in [5, 5.41) is 10.5. The molecular formula is C17H22O5. The lowest BCUT2D eigenvalue weighted by molar-refractivity contribution is -0.176. The van der Waals surface area contributed by atoms with Gasteiger partial charge in [-0.2, -0.15) is 0 Å². The normalized spacial score (nSPS) is 44.1. The second-order valence-electron chi connectivity index (χ2n) is 6.97. The zero-order chi connectivity index (χ0) is 16.2. The second-order valence-corrected chi connectivity index (χ2v) is 6.97. The Labute approximate surface area is 130 Å². The third kappa shape index (κ3) is 2.02. The summed E-state index contributed by atoms with van der Waals surface area (Å²) >= 11 is 0. The Balaban J connectivity index is 2.04. The summed E-state index contributed by atoms with van der Waals surface area (Å²) in [7, 11) is 0. The van der Waals surface area contributed by atoms with E-state index < -0.39 is 35.7 Å². The molecule has 0 aromatic carbocycles. The number of fused-ring (bicyclic) bond motifs is 3. The zero-order valence-corrected chi connectivity index (χ0v) is 13.0. The average molecular weight is 306 g/mol. The van der Waals surface area contributed by atoms with Gasteiger partial charge in [-0.3, -0.25) is 4.79 Å². The molecule has 3 fully saturated rings. The Kier molecular flexibility index (Phi) is 3.44. The predicted molar refractivity (Wildman–Crippen MR) is 78.7 cm³/mol. The maximum Gasteiger partial charge on any atom is 0.334 e. The first kappa shape index (κ1) is 15.3. The van der Waals surface area contributed by atoms with Gasteiger partial charge in [-0.05, 0) is 19.3 Å². The van der Waals surface area contributed by atoms with Crippen LogP contribution in [0.25, 0.3) is 0 Å². The Morgan fingerprint density at radius 1 is 1.45 bits per heavy atom. The van der Waals surface area contributed by atoms with Crippen molar-refractivity contribution in [2.45, 2.75) is 51.4 Å². The molecule has 22 heavy (non-hydrogen) atoms. The first-order valence-electron chi connectivity index (χ1n) is 7.68. The van der Waals surface area contributed by atoms with E-state index in [1.807, 2.05) is 6.92 Å². The van der Waals surface area contributed by atoms with Crippen molar-refractivity contribution in [1.29, 1.82) is 0 Å². The van der Waals surface area contributed by atoms with E-state index in [-0.39, 0.29) is 11.8 Å². The van der Waals surface area contributed by atoms with Crippen LogP contribution < -0.4 is 0 Å². The van der Waals surface area contributed by atoms with Crippen LogP contribution in [0.2, 0.25) is 0 Å². The van der Waals surface area contributed by atoms with Crippen LogP contribution in [-0.2, 0) is 19.1 Å². The van der Waals surface area contributed by atoms with Gasteiger partial charge >= 0.3 is 11.9 Å². The van der Waals surface area contributed by atoms with Crippen LogP contribution in [0.4, 0.5) is 0 Å². The molecule has 0 unspecified atom stereocenters. The summed E-state index contributed by atoms with van der Waals surface area (Å²) in [4.78, 5) is 23.4. The molecule has 3 rings (SSSR count). The number of carbonyl (C=O) groups is 2. The lowest BCUT2D eigenvalue weighted by Crippen LogP contribution is -2.58. The number of hydrogen-bond acceptors (Lipinski definition) is 5. The fraction of sp³-hybridized carbons (Fsp3) is 0.647. The molecule has 1 saturated heterocycles. The molecule has 5 nitrogen and oxygen atoms in total. The Hall–Kier alpha value is -1.62. The summed E-state index contributed by atoms with van der Waals surface area (Å²) in [6, 6.07) is 0. The first-order chi connectivity index (χ1) is 10.3. The molecule has 0 bridgehead atoms. The fourth-order valence-electron chi connectivity index (χ4n) is 4.56. The summed E-state index contributed by atoms with van der Waals surface area (Å²) in [5.41, 5.74) is 0.833. The summed E-state index contributed by atoms with van der Waals surface area (Å²) in [6.07, 6.45) is 0.342. The lowest BCUT2D eigenvalue weighted by atomic mass is 9.53. The van der Waals surface area contributed by atoms with Crippen molar-refractivity contribution in [1.82, 2.24) is 0 Å². The Morgan fingerprint density at radius 3 is 2.77 bits per heavy atom. The van der Waals surface area contributed by atoms with E-state index in [1.54, 1.807) is 0 Å². The molecule has 0 spiro atoms. The van der Waals surface area contributed by atoms with Crippen LogP contribution in [0, 0.1) is 17.3 Å². The van der Waals surface area contributed by atoms with Crippen LogP contribution in [0.5, 0.6) is 0 Å². The van der Waals surface area contributed by atoms with Crippen molar-refractivity contribution >= 4 is 11.9 Å². The highest BCUT2D eigenvalue weighted by Gasteiger charge is 2.62. The topological polar surface area (TPSA) is 72.8 Å².